The van der Waals surface area contributed by atoms with Crippen molar-refractivity contribution in [3.63, 3.8) is 0 Å². The van der Waals surface area contributed by atoms with Gasteiger partial charge in [0.05, 0.1) is 12.2 Å². The lowest BCUT2D eigenvalue weighted by Gasteiger charge is -2.17. The minimum absolute atomic E-state index is 0.0336. The van der Waals surface area contributed by atoms with Crippen LogP contribution in [0.4, 0.5) is 8.78 Å². The summed E-state index contributed by atoms with van der Waals surface area (Å²) in [5.41, 5.74) is 3.87. The lowest BCUT2D eigenvalue weighted by Crippen LogP contribution is -2.06. The molecule has 0 radical (unpaired) electrons. The Kier molecular flexibility index (Phi) is 8.83. The first kappa shape index (κ1) is 22.9. The number of rotatable bonds is 4. The van der Waals surface area contributed by atoms with Crippen LogP contribution in [0.5, 0.6) is 0 Å². The Morgan fingerprint density at radius 2 is 1.17 bits per heavy atom. The fourth-order valence-electron chi connectivity index (χ4n) is 4.44. The van der Waals surface area contributed by atoms with Crippen LogP contribution < -0.4 is 0 Å². The average molecular weight is 417 g/mol. The maximum atomic E-state index is 13.7. The van der Waals surface area contributed by atoms with Gasteiger partial charge in [0.1, 0.15) is 11.6 Å². The zero-order chi connectivity index (χ0) is 21.3. The maximum absolute atomic E-state index is 13.7. The van der Waals surface area contributed by atoms with E-state index in [0.717, 1.165) is 86.8 Å². The molecule has 0 aromatic heterocycles. The Morgan fingerprint density at radius 3 is 1.57 bits per heavy atom. The molecule has 2 aliphatic heterocycles. The van der Waals surface area contributed by atoms with Crippen LogP contribution in [-0.4, -0.2) is 13.2 Å². The zero-order valence-electron chi connectivity index (χ0n) is 18.3. The smallest absolute Gasteiger partial charge is 0.129 e. The van der Waals surface area contributed by atoms with Gasteiger partial charge in [-0.25, -0.2) is 8.78 Å². The maximum Gasteiger partial charge on any atom is 0.129 e. The molecule has 2 aromatic carbocycles. The molecule has 2 nitrogen and oxygen atoms in total. The first-order chi connectivity index (χ1) is 14.7. The van der Waals surface area contributed by atoms with E-state index >= 15 is 0 Å². The molecule has 0 fully saturated rings. The summed E-state index contributed by atoms with van der Waals surface area (Å²) in [7, 11) is 0. The molecule has 0 spiro atoms. The molecule has 164 valence electrons. The quantitative estimate of drug-likeness (QED) is 0.522. The van der Waals surface area contributed by atoms with Gasteiger partial charge in [-0.05, 0) is 61.8 Å². The first-order valence-electron chi connectivity index (χ1n) is 11.4. The normalized spacial score (nSPS) is 20.8. The topological polar surface area (TPSA) is 18.5 Å². The Bertz CT molecular complexity index is 738. The van der Waals surface area contributed by atoms with Crippen molar-refractivity contribution in [1.82, 2.24) is 0 Å². The second-order valence-corrected chi connectivity index (χ2v) is 8.13. The van der Waals surface area contributed by atoms with E-state index in [1.807, 2.05) is 12.1 Å². The predicted molar refractivity (Wildman–Crippen MR) is 117 cm³/mol. The van der Waals surface area contributed by atoms with Crippen molar-refractivity contribution in [3.05, 3.63) is 70.3 Å². The molecule has 0 saturated carbocycles. The molecule has 0 amide bonds. The molecule has 2 aliphatic rings. The highest BCUT2D eigenvalue weighted by Gasteiger charge is 2.22. The molecule has 0 N–H and O–H groups in total. The predicted octanol–water partition coefficient (Wildman–Crippen LogP) is 7.26. The monoisotopic (exact) mass is 416 g/mol. The molecular weight excluding hydrogens is 382 g/mol. The molecule has 0 saturated heterocycles. The van der Waals surface area contributed by atoms with Crippen molar-refractivity contribution in [3.8, 4) is 0 Å². The lowest BCUT2D eigenvalue weighted by molar-refractivity contribution is 0.0477. The van der Waals surface area contributed by atoms with Crippen LogP contribution in [0.15, 0.2) is 36.4 Å². The average Bonchev–Trinajstić information content (AvgIpc) is 3.07. The largest absolute Gasteiger partial charge is 0.373 e. The number of ether oxygens (including phenoxy) is 2. The minimum atomic E-state index is -0.104. The van der Waals surface area contributed by atoms with Gasteiger partial charge in [-0.1, -0.05) is 51.0 Å². The van der Waals surface area contributed by atoms with Gasteiger partial charge >= 0.3 is 0 Å². The van der Waals surface area contributed by atoms with Crippen LogP contribution in [-0.2, 0) is 22.3 Å². The molecule has 4 rings (SSSR count). The second kappa shape index (κ2) is 11.6. The zero-order valence-corrected chi connectivity index (χ0v) is 18.3. The van der Waals surface area contributed by atoms with Gasteiger partial charge in [-0.15, -0.1) is 0 Å². The van der Waals surface area contributed by atoms with Crippen LogP contribution in [0, 0.1) is 11.6 Å². The van der Waals surface area contributed by atoms with Crippen molar-refractivity contribution in [2.75, 3.05) is 13.2 Å². The molecule has 4 heteroatoms. The summed E-state index contributed by atoms with van der Waals surface area (Å²) in [5.74, 6) is -0.208. The second-order valence-electron chi connectivity index (χ2n) is 8.13. The Hall–Kier alpha value is -1.78. The summed E-state index contributed by atoms with van der Waals surface area (Å²) in [6.45, 7) is 5.71. The fraction of sp³-hybridized carbons (Fsp3) is 0.538. The van der Waals surface area contributed by atoms with Crippen molar-refractivity contribution in [2.24, 2.45) is 0 Å². The molecule has 0 bridgehead atoms. The van der Waals surface area contributed by atoms with Gasteiger partial charge in [0, 0.05) is 24.3 Å². The van der Waals surface area contributed by atoms with Crippen molar-refractivity contribution >= 4 is 0 Å². The Morgan fingerprint density at radius 1 is 0.733 bits per heavy atom. The van der Waals surface area contributed by atoms with Crippen LogP contribution in [0.25, 0.3) is 0 Å². The first-order valence-corrected chi connectivity index (χ1v) is 11.4. The number of benzene rings is 2. The molecule has 2 aromatic rings. The van der Waals surface area contributed by atoms with Crippen LogP contribution in [0.2, 0.25) is 0 Å². The fourth-order valence-corrected chi connectivity index (χ4v) is 4.44. The number of fused-ring (bicyclic) bond motifs is 2. The summed E-state index contributed by atoms with van der Waals surface area (Å²) in [4.78, 5) is 0. The number of hydrogen-bond donors (Lipinski definition) is 0. The summed E-state index contributed by atoms with van der Waals surface area (Å²) in [6, 6.07) is 10.7. The Labute approximate surface area is 179 Å². The van der Waals surface area contributed by atoms with Crippen molar-refractivity contribution in [2.45, 2.75) is 77.4 Å². The number of halogens is 2. The highest BCUT2D eigenvalue weighted by atomic mass is 19.1. The van der Waals surface area contributed by atoms with E-state index in [4.69, 9.17) is 9.47 Å². The molecule has 30 heavy (non-hydrogen) atoms. The van der Waals surface area contributed by atoms with Crippen LogP contribution in [0.3, 0.4) is 0 Å². The SMILES string of the molecule is CCC[C@@H]1OCCCc2cccc(F)c21.CCC[C@H]1OCCCc2cccc(F)c21. The molecule has 2 atom stereocenters. The summed E-state index contributed by atoms with van der Waals surface area (Å²) < 4.78 is 38.9. The number of aryl methyl sites for hydroxylation is 2. The highest BCUT2D eigenvalue weighted by Crippen LogP contribution is 2.32. The summed E-state index contributed by atoms with van der Waals surface area (Å²) >= 11 is 0. The summed E-state index contributed by atoms with van der Waals surface area (Å²) in [6.07, 6.45) is 7.68. The molecule has 2 heterocycles. The lowest BCUT2D eigenvalue weighted by atomic mass is 9.97. The van der Waals surface area contributed by atoms with Gasteiger partial charge in [-0.3, -0.25) is 0 Å². The van der Waals surface area contributed by atoms with Crippen LogP contribution in [0.1, 0.15) is 86.8 Å². The molecular formula is C26H34F2O2. The van der Waals surface area contributed by atoms with Crippen molar-refractivity contribution < 1.29 is 18.3 Å². The third-order valence-electron chi connectivity index (χ3n) is 5.85. The molecule has 0 unspecified atom stereocenters. The van der Waals surface area contributed by atoms with E-state index in [1.54, 1.807) is 12.1 Å². The summed E-state index contributed by atoms with van der Waals surface area (Å²) in [5, 5.41) is 0. The third kappa shape index (κ3) is 5.67. The molecule has 0 aliphatic carbocycles. The van der Waals surface area contributed by atoms with E-state index in [0.29, 0.717) is 0 Å². The van der Waals surface area contributed by atoms with Crippen LogP contribution >= 0.6 is 0 Å². The van der Waals surface area contributed by atoms with E-state index in [-0.39, 0.29) is 23.8 Å². The van der Waals surface area contributed by atoms with Gasteiger partial charge in [0.15, 0.2) is 0 Å². The van der Waals surface area contributed by atoms with E-state index in [1.165, 1.54) is 12.1 Å². The standard InChI is InChI=1S/2C13H17FO/c2*1-2-5-12-13-10(7-4-9-15-12)6-3-8-11(13)14/h2*3,6,8,12H,2,4-5,7,9H2,1H3/t2*12-/m10/s1. The van der Waals surface area contributed by atoms with E-state index in [9.17, 15) is 8.78 Å². The van der Waals surface area contributed by atoms with Gasteiger partial charge in [0.25, 0.3) is 0 Å². The Balaban J connectivity index is 0.000000171. The third-order valence-corrected chi connectivity index (χ3v) is 5.85. The van der Waals surface area contributed by atoms with E-state index < -0.39 is 0 Å². The van der Waals surface area contributed by atoms with Crippen molar-refractivity contribution in [1.29, 1.82) is 0 Å². The highest BCUT2D eigenvalue weighted by molar-refractivity contribution is 5.32. The minimum Gasteiger partial charge on any atom is -0.373 e. The van der Waals surface area contributed by atoms with E-state index in [2.05, 4.69) is 13.8 Å². The van der Waals surface area contributed by atoms with Gasteiger partial charge < -0.3 is 9.47 Å². The van der Waals surface area contributed by atoms with Gasteiger partial charge in [0.2, 0.25) is 0 Å². The number of hydrogen-bond acceptors (Lipinski definition) is 2. The van der Waals surface area contributed by atoms with Gasteiger partial charge in [-0.2, -0.15) is 0 Å².